The summed E-state index contributed by atoms with van der Waals surface area (Å²) in [6.45, 7) is 3.98. The molecule has 2 amide bonds. The second-order valence-corrected chi connectivity index (χ2v) is 12.8. The van der Waals surface area contributed by atoms with Gasteiger partial charge in [0.1, 0.15) is 11.9 Å². The van der Waals surface area contributed by atoms with E-state index in [2.05, 4.69) is 21.2 Å². The van der Waals surface area contributed by atoms with Crippen LogP contribution in [0.4, 0.5) is 10.1 Å². The lowest BCUT2D eigenvalue weighted by Crippen LogP contribution is -2.51. The summed E-state index contributed by atoms with van der Waals surface area (Å²) in [6.07, 6.45) is 1.63. The number of hydrogen-bond donors (Lipinski definition) is 1. The molecule has 214 valence electrons. The van der Waals surface area contributed by atoms with E-state index in [1.54, 1.807) is 4.90 Å². The average molecular weight is 633 g/mol. The number of sulfonamides is 1. The van der Waals surface area contributed by atoms with Gasteiger partial charge in [0.25, 0.3) is 0 Å². The summed E-state index contributed by atoms with van der Waals surface area (Å²) in [4.78, 5) is 28.8. The van der Waals surface area contributed by atoms with E-state index in [1.807, 2.05) is 68.4 Å². The van der Waals surface area contributed by atoms with Crippen LogP contribution in [0.2, 0.25) is 0 Å². The zero-order valence-electron chi connectivity index (χ0n) is 22.9. The lowest BCUT2D eigenvalue weighted by Gasteiger charge is -2.32. The van der Waals surface area contributed by atoms with Crippen LogP contribution in [0.5, 0.6) is 0 Å². The molecule has 0 fully saturated rings. The van der Waals surface area contributed by atoms with Crippen LogP contribution in [0.3, 0.4) is 0 Å². The highest BCUT2D eigenvalue weighted by molar-refractivity contribution is 9.10. The number of anilines is 1. The molecule has 0 heterocycles. The molecular formula is C30H35BrFN3O4S. The second-order valence-electron chi connectivity index (χ2n) is 9.93. The standard InChI is InChI=1S/C30H35BrFN3O4S/c1-22(2)33-30(37)28(20-23-8-5-4-6-9-23)34(21-24-11-13-25(31)14-12-24)29(36)10-7-19-35(40(3,38)39)27-17-15-26(32)16-18-27/h4-6,8-9,11-18,22,28H,7,10,19-21H2,1-3H3,(H,33,37)/t28-/m1/s1. The lowest BCUT2D eigenvalue weighted by atomic mass is 10.0. The van der Waals surface area contributed by atoms with Gasteiger partial charge < -0.3 is 10.2 Å². The first-order chi connectivity index (χ1) is 18.9. The van der Waals surface area contributed by atoms with Crippen LogP contribution in [0.25, 0.3) is 0 Å². The van der Waals surface area contributed by atoms with E-state index in [4.69, 9.17) is 0 Å². The minimum atomic E-state index is -3.67. The number of carbonyl (C=O) groups is 2. The van der Waals surface area contributed by atoms with Crippen LogP contribution >= 0.6 is 15.9 Å². The highest BCUT2D eigenvalue weighted by atomic mass is 79.9. The van der Waals surface area contributed by atoms with Gasteiger partial charge in [-0.15, -0.1) is 0 Å². The Balaban J connectivity index is 1.87. The van der Waals surface area contributed by atoms with Gasteiger partial charge in [-0.25, -0.2) is 12.8 Å². The molecule has 7 nitrogen and oxygen atoms in total. The zero-order valence-corrected chi connectivity index (χ0v) is 25.3. The third kappa shape index (κ3) is 9.45. The fraction of sp³-hybridized carbons (Fsp3) is 0.333. The van der Waals surface area contributed by atoms with E-state index in [9.17, 15) is 22.4 Å². The van der Waals surface area contributed by atoms with Gasteiger partial charge in [-0.1, -0.05) is 58.4 Å². The SMILES string of the molecule is CC(C)NC(=O)[C@@H](Cc1ccccc1)N(Cc1ccc(Br)cc1)C(=O)CCCN(c1ccc(F)cc1)S(C)(=O)=O. The normalized spacial score (nSPS) is 12.2. The maximum atomic E-state index is 13.8. The molecule has 40 heavy (non-hydrogen) atoms. The molecule has 0 aliphatic rings. The molecule has 0 spiro atoms. The number of carbonyl (C=O) groups excluding carboxylic acids is 2. The van der Waals surface area contributed by atoms with Gasteiger partial charge in [0.2, 0.25) is 21.8 Å². The van der Waals surface area contributed by atoms with Crippen LogP contribution in [0.15, 0.2) is 83.3 Å². The highest BCUT2D eigenvalue weighted by Gasteiger charge is 2.31. The third-order valence-corrected chi connectivity index (χ3v) is 7.96. The first-order valence-corrected chi connectivity index (χ1v) is 15.7. The molecule has 0 aromatic heterocycles. The van der Waals surface area contributed by atoms with Crippen LogP contribution < -0.4 is 9.62 Å². The molecule has 3 aromatic carbocycles. The predicted octanol–water partition coefficient (Wildman–Crippen LogP) is 5.30. The Morgan fingerprint density at radius 3 is 2.12 bits per heavy atom. The maximum Gasteiger partial charge on any atom is 0.243 e. The minimum Gasteiger partial charge on any atom is -0.352 e. The van der Waals surface area contributed by atoms with Crippen molar-refractivity contribution in [1.82, 2.24) is 10.2 Å². The Morgan fingerprint density at radius 2 is 1.55 bits per heavy atom. The molecule has 0 saturated heterocycles. The van der Waals surface area contributed by atoms with Crippen LogP contribution in [0, 0.1) is 5.82 Å². The predicted molar refractivity (Wildman–Crippen MR) is 160 cm³/mol. The first-order valence-electron chi connectivity index (χ1n) is 13.1. The number of rotatable bonds is 13. The van der Waals surface area contributed by atoms with Crippen molar-refractivity contribution in [1.29, 1.82) is 0 Å². The molecule has 0 aliphatic carbocycles. The molecule has 3 aromatic rings. The summed E-state index contributed by atoms with van der Waals surface area (Å²) in [5.74, 6) is -0.996. The van der Waals surface area contributed by atoms with E-state index in [0.29, 0.717) is 12.1 Å². The summed E-state index contributed by atoms with van der Waals surface area (Å²) >= 11 is 3.43. The fourth-order valence-corrected chi connectivity index (χ4v) is 5.56. The molecule has 0 bridgehead atoms. The van der Waals surface area contributed by atoms with Gasteiger partial charge in [-0.2, -0.15) is 0 Å². The lowest BCUT2D eigenvalue weighted by molar-refractivity contribution is -0.141. The van der Waals surface area contributed by atoms with Gasteiger partial charge >= 0.3 is 0 Å². The molecule has 0 radical (unpaired) electrons. The van der Waals surface area contributed by atoms with E-state index >= 15 is 0 Å². The van der Waals surface area contributed by atoms with Gasteiger partial charge in [0, 0.05) is 36.4 Å². The van der Waals surface area contributed by atoms with Gasteiger partial charge in [-0.05, 0) is 67.8 Å². The fourth-order valence-electron chi connectivity index (χ4n) is 4.33. The van der Waals surface area contributed by atoms with Gasteiger partial charge in [0.15, 0.2) is 0 Å². The Bertz CT molecular complexity index is 1370. The summed E-state index contributed by atoms with van der Waals surface area (Å²) in [5, 5.41) is 2.96. The maximum absolute atomic E-state index is 13.8. The van der Waals surface area contributed by atoms with Crippen LogP contribution in [-0.4, -0.2) is 50.0 Å². The first kappa shape index (κ1) is 31.3. The Kier molecular flexibility index (Phi) is 11.3. The topological polar surface area (TPSA) is 86.8 Å². The van der Waals surface area contributed by atoms with E-state index < -0.39 is 21.9 Å². The van der Waals surface area contributed by atoms with Crippen molar-refractivity contribution in [2.24, 2.45) is 0 Å². The van der Waals surface area contributed by atoms with Crippen molar-refractivity contribution >= 4 is 43.5 Å². The largest absolute Gasteiger partial charge is 0.352 e. The van der Waals surface area contributed by atoms with E-state index in [1.165, 1.54) is 24.3 Å². The quantitative estimate of drug-likeness (QED) is 0.277. The Labute approximate surface area is 244 Å². The van der Waals surface area contributed by atoms with Crippen molar-refractivity contribution in [2.75, 3.05) is 17.1 Å². The summed E-state index contributed by atoms with van der Waals surface area (Å²) in [6, 6.07) is 21.4. The second kappa shape index (κ2) is 14.4. The molecule has 10 heteroatoms. The summed E-state index contributed by atoms with van der Waals surface area (Å²) in [7, 11) is -3.67. The zero-order chi connectivity index (χ0) is 29.3. The van der Waals surface area contributed by atoms with Crippen molar-refractivity contribution < 1.29 is 22.4 Å². The monoisotopic (exact) mass is 631 g/mol. The molecule has 0 aliphatic heterocycles. The smallest absolute Gasteiger partial charge is 0.243 e. The number of amides is 2. The van der Waals surface area contributed by atoms with E-state index in [-0.39, 0.29) is 43.8 Å². The molecule has 1 N–H and O–H groups in total. The summed E-state index contributed by atoms with van der Waals surface area (Å²) < 4.78 is 40.4. The van der Waals surface area contributed by atoms with Gasteiger partial charge in [-0.3, -0.25) is 13.9 Å². The number of hydrogen-bond acceptors (Lipinski definition) is 4. The molecule has 1 atom stereocenters. The number of benzene rings is 3. The molecule has 0 saturated carbocycles. The number of halogens is 2. The average Bonchev–Trinajstić information content (AvgIpc) is 2.90. The Morgan fingerprint density at radius 1 is 0.925 bits per heavy atom. The van der Waals surface area contributed by atoms with Gasteiger partial charge in [0.05, 0.1) is 11.9 Å². The summed E-state index contributed by atoms with van der Waals surface area (Å²) in [5.41, 5.74) is 2.09. The number of nitrogens with zero attached hydrogens (tertiary/aromatic N) is 2. The molecule has 0 unspecified atom stereocenters. The highest BCUT2D eigenvalue weighted by Crippen LogP contribution is 2.21. The minimum absolute atomic E-state index is 0.0178. The molecular weight excluding hydrogens is 597 g/mol. The van der Waals surface area contributed by atoms with E-state index in [0.717, 1.165) is 26.2 Å². The third-order valence-electron chi connectivity index (χ3n) is 6.23. The Hall–Kier alpha value is -3.24. The van der Waals surface area contributed by atoms with Crippen molar-refractivity contribution in [3.8, 4) is 0 Å². The molecule has 3 rings (SSSR count). The van der Waals surface area contributed by atoms with Crippen molar-refractivity contribution in [3.05, 3.63) is 100 Å². The van der Waals surface area contributed by atoms with Crippen LogP contribution in [-0.2, 0) is 32.6 Å². The number of nitrogens with one attached hydrogen (secondary N) is 1. The van der Waals surface area contributed by atoms with Crippen molar-refractivity contribution in [3.63, 3.8) is 0 Å². The van der Waals surface area contributed by atoms with Crippen molar-refractivity contribution in [2.45, 2.75) is 51.7 Å². The van der Waals surface area contributed by atoms with Crippen LogP contribution in [0.1, 0.15) is 37.8 Å².